The summed E-state index contributed by atoms with van der Waals surface area (Å²) < 4.78 is 29.8. The van der Waals surface area contributed by atoms with Gasteiger partial charge >= 0.3 is 5.97 Å². The minimum atomic E-state index is -2.75. The van der Waals surface area contributed by atoms with Crippen LogP contribution in [0.15, 0.2) is 10.7 Å². The first-order valence-corrected chi connectivity index (χ1v) is 5.91. The summed E-state index contributed by atoms with van der Waals surface area (Å²) in [4.78, 5) is 14.8. The van der Waals surface area contributed by atoms with Crippen LogP contribution in [0.1, 0.15) is 24.6 Å². The number of rotatable bonds is 4. The molecule has 94 valence electrons. The topological polar surface area (TPSA) is 39.2 Å². The molecule has 1 aromatic heterocycles. The van der Waals surface area contributed by atoms with Crippen molar-refractivity contribution in [1.29, 1.82) is 0 Å². The van der Waals surface area contributed by atoms with Gasteiger partial charge in [-0.2, -0.15) is 0 Å². The molecule has 0 fully saturated rings. The minimum absolute atomic E-state index is 0.0648. The van der Waals surface area contributed by atoms with Crippen LogP contribution in [0.3, 0.4) is 0 Å². The van der Waals surface area contributed by atoms with Gasteiger partial charge in [0, 0.05) is 0 Å². The molecule has 0 aromatic carbocycles. The fourth-order valence-corrected chi connectivity index (χ4v) is 1.86. The van der Waals surface area contributed by atoms with E-state index in [0.717, 1.165) is 0 Å². The van der Waals surface area contributed by atoms with Gasteiger partial charge in [-0.05, 0) is 34.5 Å². The first kappa shape index (κ1) is 14.3. The zero-order valence-corrected chi connectivity index (χ0v) is 11.2. The smallest absolute Gasteiger partial charge is 0.310 e. The lowest BCUT2D eigenvalue weighted by molar-refractivity contribution is -0.142. The van der Waals surface area contributed by atoms with Gasteiger partial charge in [-0.15, -0.1) is 0 Å². The molecule has 7 heteroatoms. The first-order chi connectivity index (χ1) is 7.95. The summed E-state index contributed by atoms with van der Waals surface area (Å²) in [5.74, 6) is -0.462. The van der Waals surface area contributed by atoms with Crippen LogP contribution in [-0.2, 0) is 16.0 Å². The van der Waals surface area contributed by atoms with Crippen LogP contribution in [0.25, 0.3) is 0 Å². The molecule has 3 nitrogen and oxygen atoms in total. The summed E-state index contributed by atoms with van der Waals surface area (Å²) in [6.07, 6.45) is -2.82. The van der Waals surface area contributed by atoms with E-state index in [1.54, 1.807) is 6.92 Å². The van der Waals surface area contributed by atoms with E-state index >= 15 is 0 Å². The van der Waals surface area contributed by atoms with Crippen LogP contribution in [0.5, 0.6) is 0 Å². The van der Waals surface area contributed by atoms with Crippen molar-refractivity contribution in [3.63, 3.8) is 0 Å². The highest BCUT2D eigenvalue weighted by Gasteiger charge is 2.18. The molecular weight excluding hydrogens is 319 g/mol. The molecule has 0 unspecified atom stereocenters. The molecule has 1 aromatic rings. The third kappa shape index (κ3) is 3.89. The Morgan fingerprint density at radius 3 is 2.82 bits per heavy atom. The van der Waals surface area contributed by atoms with E-state index in [1.807, 2.05) is 0 Å². The lowest BCUT2D eigenvalue weighted by Crippen LogP contribution is -2.09. The minimum Gasteiger partial charge on any atom is -0.466 e. The lowest BCUT2D eigenvalue weighted by atomic mass is 10.2. The van der Waals surface area contributed by atoms with Crippen molar-refractivity contribution in [3.05, 3.63) is 26.9 Å². The first-order valence-electron chi connectivity index (χ1n) is 4.74. The maximum absolute atomic E-state index is 12.5. The number of nitrogens with zero attached hydrogens (tertiary/aromatic N) is 1. The molecule has 0 aliphatic rings. The molecule has 0 bridgehead atoms. The quantitative estimate of drug-likeness (QED) is 0.627. The average Bonchev–Trinajstić information content (AvgIpc) is 2.22. The van der Waals surface area contributed by atoms with Crippen molar-refractivity contribution in [3.8, 4) is 0 Å². The van der Waals surface area contributed by atoms with Gasteiger partial charge in [-0.1, -0.05) is 11.6 Å². The maximum Gasteiger partial charge on any atom is 0.310 e. The van der Waals surface area contributed by atoms with E-state index in [9.17, 15) is 13.6 Å². The van der Waals surface area contributed by atoms with Crippen molar-refractivity contribution in [2.75, 3.05) is 6.61 Å². The van der Waals surface area contributed by atoms with Crippen LogP contribution >= 0.6 is 27.5 Å². The van der Waals surface area contributed by atoms with Gasteiger partial charge in [0.1, 0.15) is 10.3 Å². The largest absolute Gasteiger partial charge is 0.466 e. The zero-order valence-electron chi connectivity index (χ0n) is 8.84. The molecule has 0 N–H and O–H groups in total. The number of aromatic nitrogens is 1. The molecule has 0 saturated carbocycles. The number of hydrogen-bond acceptors (Lipinski definition) is 3. The second-order valence-electron chi connectivity index (χ2n) is 3.09. The third-order valence-electron chi connectivity index (χ3n) is 1.88. The molecule has 0 spiro atoms. The zero-order chi connectivity index (χ0) is 13.0. The van der Waals surface area contributed by atoms with Crippen LogP contribution in [-0.4, -0.2) is 17.6 Å². The van der Waals surface area contributed by atoms with Crippen molar-refractivity contribution in [2.24, 2.45) is 0 Å². The highest BCUT2D eigenvalue weighted by molar-refractivity contribution is 9.10. The Labute approximate surface area is 110 Å². The molecular formula is C10H9BrClF2NO2. The average molecular weight is 329 g/mol. The maximum atomic E-state index is 12.5. The highest BCUT2D eigenvalue weighted by Crippen LogP contribution is 2.29. The Bertz CT molecular complexity index is 429. The Morgan fingerprint density at radius 1 is 1.65 bits per heavy atom. The molecule has 0 atom stereocenters. The number of alkyl halides is 2. The second kappa shape index (κ2) is 6.26. The molecule has 0 aliphatic heterocycles. The summed E-state index contributed by atoms with van der Waals surface area (Å²) in [5, 5.41) is -0.164. The molecule has 0 aliphatic carbocycles. The van der Waals surface area contributed by atoms with Crippen LogP contribution < -0.4 is 0 Å². The third-order valence-corrected chi connectivity index (χ3v) is 2.87. The fraction of sp³-hybridized carbons (Fsp3) is 0.400. The van der Waals surface area contributed by atoms with Crippen LogP contribution in [0, 0.1) is 0 Å². The Morgan fingerprint density at radius 2 is 2.29 bits per heavy atom. The molecule has 0 saturated heterocycles. The van der Waals surface area contributed by atoms with Gasteiger partial charge < -0.3 is 4.74 Å². The van der Waals surface area contributed by atoms with Gasteiger partial charge in [0.05, 0.1) is 18.1 Å². The normalized spacial score (nSPS) is 10.7. The van der Waals surface area contributed by atoms with Crippen molar-refractivity contribution in [2.45, 2.75) is 19.8 Å². The van der Waals surface area contributed by atoms with E-state index in [2.05, 4.69) is 20.9 Å². The highest BCUT2D eigenvalue weighted by atomic mass is 79.9. The Hall–Kier alpha value is -0.750. The van der Waals surface area contributed by atoms with Gasteiger partial charge in [0.15, 0.2) is 0 Å². The van der Waals surface area contributed by atoms with Crippen molar-refractivity contribution >= 4 is 33.5 Å². The second-order valence-corrected chi connectivity index (χ2v) is 4.25. The SMILES string of the molecule is CCOC(=O)Cc1cc(Cl)c(C(F)F)nc1Br. The molecule has 1 rings (SSSR count). The van der Waals surface area contributed by atoms with Gasteiger partial charge in [-0.25, -0.2) is 13.8 Å². The summed E-state index contributed by atoms with van der Waals surface area (Å²) in [6, 6.07) is 1.29. The van der Waals surface area contributed by atoms with E-state index < -0.39 is 18.1 Å². The summed E-state index contributed by atoms with van der Waals surface area (Å²) in [5.41, 5.74) is -0.0935. The number of pyridine rings is 1. The van der Waals surface area contributed by atoms with E-state index in [1.165, 1.54) is 6.07 Å². The number of hydrogen-bond donors (Lipinski definition) is 0. The van der Waals surface area contributed by atoms with E-state index in [-0.39, 0.29) is 22.7 Å². The number of carbonyl (C=O) groups excluding carboxylic acids is 1. The molecule has 17 heavy (non-hydrogen) atoms. The number of carbonyl (C=O) groups is 1. The van der Waals surface area contributed by atoms with E-state index in [0.29, 0.717) is 5.56 Å². The van der Waals surface area contributed by atoms with Gasteiger partial charge in [0.2, 0.25) is 0 Å². The summed E-state index contributed by atoms with van der Waals surface area (Å²) in [7, 11) is 0. The number of halogens is 4. The van der Waals surface area contributed by atoms with Crippen molar-refractivity contribution in [1.82, 2.24) is 4.98 Å². The predicted molar refractivity (Wildman–Crippen MR) is 62.2 cm³/mol. The lowest BCUT2D eigenvalue weighted by Gasteiger charge is -2.08. The van der Waals surface area contributed by atoms with E-state index in [4.69, 9.17) is 16.3 Å². The Kier molecular flexibility index (Phi) is 5.27. The van der Waals surface area contributed by atoms with Crippen molar-refractivity contribution < 1.29 is 18.3 Å². The molecule has 1 heterocycles. The number of esters is 1. The predicted octanol–water partition coefficient (Wildman–Crippen LogP) is 3.54. The molecule has 0 amide bonds. The Balaban J connectivity index is 2.95. The summed E-state index contributed by atoms with van der Waals surface area (Å²) >= 11 is 8.66. The monoisotopic (exact) mass is 327 g/mol. The van der Waals surface area contributed by atoms with Gasteiger partial charge in [-0.3, -0.25) is 4.79 Å². The van der Waals surface area contributed by atoms with Gasteiger partial charge in [0.25, 0.3) is 6.43 Å². The fourth-order valence-electron chi connectivity index (χ4n) is 1.16. The standard InChI is InChI=1S/C10H9BrClF2NO2/c1-2-17-7(16)4-5-3-6(12)8(10(13)14)15-9(5)11/h3,10H,2,4H2,1H3. The van der Waals surface area contributed by atoms with Crippen LogP contribution in [0.4, 0.5) is 8.78 Å². The summed E-state index contributed by atoms with van der Waals surface area (Å²) in [6.45, 7) is 1.94. The molecule has 0 radical (unpaired) electrons. The van der Waals surface area contributed by atoms with Crippen LogP contribution in [0.2, 0.25) is 5.02 Å². The number of ether oxygens (including phenoxy) is 1.